The average Bonchev–Trinajstić information content (AvgIpc) is 3.43. The summed E-state index contributed by atoms with van der Waals surface area (Å²) >= 11 is 0. The molecule has 0 N–H and O–H groups in total. The summed E-state index contributed by atoms with van der Waals surface area (Å²) in [6, 6.07) is 14.3. The molecule has 2 aromatic carbocycles. The minimum absolute atomic E-state index is 0.0181. The van der Waals surface area contributed by atoms with Crippen molar-refractivity contribution in [1.29, 1.82) is 0 Å². The van der Waals surface area contributed by atoms with Gasteiger partial charge in [0, 0.05) is 6.20 Å². The molecular formula is C28H17F7N4. The van der Waals surface area contributed by atoms with Gasteiger partial charge in [0.2, 0.25) is 17.7 Å². The summed E-state index contributed by atoms with van der Waals surface area (Å²) in [5, 5.41) is 4.53. The van der Waals surface area contributed by atoms with Crippen molar-refractivity contribution in [2.75, 3.05) is 0 Å². The highest BCUT2D eigenvalue weighted by atomic mass is 19.2. The summed E-state index contributed by atoms with van der Waals surface area (Å²) in [5.74, 6) is -12.2. The van der Waals surface area contributed by atoms with Gasteiger partial charge in [0.25, 0.3) is 0 Å². The van der Waals surface area contributed by atoms with E-state index in [0.29, 0.717) is 17.1 Å². The highest BCUT2D eigenvalue weighted by molar-refractivity contribution is 5.67. The molecule has 0 aliphatic carbocycles. The van der Waals surface area contributed by atoms with Crippen molar-refractivity contribution in [3.63, 3.8) is 0 Å². The van der Waals surface area contributed by atoms with E-state index in [1.807, 2.05) is 13.8 Å². The zero-order valence-corrected chi connectivity index (χ0v) is 20.3. The molecule has 3 heterocycles. The molecule has 0 unspecified atom stereocenters. The zero-order valence-electron chi connectivity index (χ0n) is 20.3. The topological polar surface area (TPSA) is 43.6 Å². The number of benzene rings is 2. The molecule has 0 aliphatic heterocycles. The predicted octanol–water partition coefficient (Wildman–Crippen LogP) is 7.30. The highest BCUT2D eigenvalue weighted by Gasteiger charge is 2.29. The first-order valence-corrected chi connectivity index (χ1v) is 11.5. The minimum atomic E-state index is -2.24. The second-order valence-electron chi connectivity index (χ2n) is 9.15. The van der Waals surface area contributed by atoms with Crippen LogP contribution in [0.1, 0.15) is 25.2 Å². The van der Waals surface area contributed by atoms with Crippen molar-refractivity contribution in [1.82, 2.24) is 19.7 Å². The molecule has 0 bridgehead atoms. The summed E-state index contributed by atoms with van der Waals surface area (Å²) in [6.07, 6.45) is 1.56. The number of hydrogen-bond acceptors (Lipinski definition) is 3. The Labute approximate surface area is 217 Å². The van der Waals surface area contributed by atoms with Gasteiger partial charge in [-0.25, -0.2) is 26.6 Å². The van der Waals surface area contributed by atoms with Crippen LogP contribution in [0.15, 0.2) is 66.9 Å². The first-order valence-electron chi connectivity index (χ1n) is 11.5. The Morgan fingerprint density at radius 2 is 1.33 bits per heavy atom. The van der Waals surface area contributed by atoms with Crippen LogP contribution in [0.25, 0.3) is 28.1 Å². The fraction of sp³-hybridized carbons (Fsp3) is 0.107. The summed E-state index contributed by atoms with van der Waals surface area (Å²) in [4.78, 5) is 7.72. The van der Waals surface area contributed by atoms with Crippen LogP contribution in [-0.2, 0) is 5.41 Å². The number of pyridine rings is 2. The Kier molecular flexibility index (Phi) is 6.45. The van der Waals surface area contributed by atoms with Crippen molar-refractivity contribution in [3.8, 4) is 28.1 Å². The van der Waals surface area contributed by atoms with Crippen molar-refractivity contribution in [3.05, 3.63) is 119 Å². The molecule has 0 aliphatic rings. The third-order valence-corrected chi connectivity index (χ3v) is 6.32. The van der Waals surface area contributed by atoms with Gasteiger partial charge < -0.3 is 0 Å². The smallest absolute Gasteiger partial charge is 0.224 e. The number of halogens is 7. The standard InChI is InChI=1S/C28H17F7N4/c1-28(2,18-8-4-7-17(36-18)16-9-10-20(29)37-27(16)35)19-11-12-39(38-19)15-6-3-5-14(13-15)21-22(30)24(32)26(34)25(33)23(21)31/h3-13H,1-2H3. The summed E-state index contributed by atoms with van der Waals surface area (Å²) < 4.78 is 98.6. The number of nitrogens with zero attached hydrogens (tertiary/aromatic N) is 4. The van der Waals surface area contributed by atoms with Crippen LogP contribution in [0, 0.1) is 41.0 Å². The first-order chi connectivity index (χ1) is 18.5. The fourth-order valence-electron chi connectivity index (χ4n) is 4.13. The Hall–Kier alpha value is -4.54. The van der Waals surface area contributed by atoms with Gasteiger partial charge in [-0.1, -0.05) is 18.2 Å². The maximum atomic E-state index is 14.4. The molecule has 4 nitrogen and oxygen atoms in total. The van der Waals surface area contributed by atoms with Crippen LogP contribution >= 0.6 is 0 Å². The molecule has 11 heteroatoms. The lowest BCUT2D eigenvalue weighted by Crippen LogP contribution is -2.22. The van der Waals surface area contributed by atoms with Crippen LogP contribution in [0.4, 0.5) is 30.7 Å². The Morgan fingerprint density at radius 1 is 0.667 bits per heavy atom. The maximum absolute atomic E-state index is 14.4. The van der Waals surface area contributed by atoms with E-state index >= 15 is 0 Å². The molecule has 0 fully saturated rings. The van der Waals surface area contributed by atoms with Gasteiger partial charge >= 0.3 is 0 Å². The monoisotopic (exact) mass is 542 g/mol. The van der Waals surface area contributed by atoms with Crippen LogP contribution in [-0.4, -0.2) is 19.7 Å². The van der Waals surface area contributed by atoms with Crippen molar-refractivity contribution < 1.29 is 30.7 Å². The number of hydrogen-bond donors (Lipinski definition) is 0. The van der Waals surface area contributed by atoms with Gasteiger partial charge in [0.15, 0.2) is 23.3 Å². The molecule has 198 valence electrons. The lowest BCUT2D eigenvalue weighted by molar-refractivity contribution is 0.381. The van der Waals surface area contributed by atoms with E-state index < -0.39 is 52.0 Å². The van der Waals surface area contributed by atoms with Crippen molar-refractivity contribution >= 4 is 0 Å². The molecule has 3 aromatic heterocycles. The van der Waals surface area contributed by atoms with E-state index in [9.17, 15) is 30.7 Å². The second kappa shape index (κ2) is 9.64. The van der Waals surface area contributed by atoms with Crippen LogP contribution < -0.4 is 0 Å². The van der Waals surface area contributed by atoms with E-state index in [2.05, 4.69) is 15.1 Å². The first kappa shape index (κ1) is 26.1. The molecule has 0 radical (unpaired) electrons. The summed E-state index contributed by atoms with van der Waals surface area (Å²) in [5.41, 5.74) is -0.560. The maximum Gasteiger partial charge on any atom is 0.224 e. The van der Waals surface area contributed by atoms with Gasteiger partial charge in [0.1, 0.15) is 0 Å². The largest absolute Gasteiger partial charge is 0.252 e. The van der Waals surface area contributed by atoms with E-state index in [1.165, 1.54) is 28.9 Å². The third-order valence-electron chi connectivity index (χ3n) is 6.32. The van der Waals surface area contributed by atoms with Crippen LogP contribution in [0.3, 0.4) is 0 Å². The molecular weight excluding hydrogens is 525 g/mol. The average molecular weight is 542 g/mol. The van der Waals surface area contributed by atoms with Gasteiger partial charge in [-0.2, -0.15) is 18.9 Å². The number of aromatic nitrogens is 4. The molecule has 0 spiro atoms. The fourth-order valence-corrected chi connectivity index (χ4v) is 4.13. The molecule has 39 heavy (non-hydrogen) atoms. The van der Waals surface area contributed by atoms with E-state index in [1.54, 1.807) is 36.5 Å². The molecule has 5 aromatic rings. The van der Waals surface area contributed by atoms with Crippen LogP contribution in [0.5, 0.6) is 0 Å². The molecule has 0 amide bonds. The summed E-state index contributed by atoms with van der Waals surface area (Å²) in [7, 11) is 0. The SMILES string of the molecule is CC(C)(c1cccc(-c2ccc(F)nc2F)n1)c1ccn(-c2cccc(-c3c(F)c(F)c(F)c(F)c3F)c2)n1. The van der Waals surface area contributed by atoms with Crippen LogP contribution in [0.2, 0.25) is 0 Å². The quantitative estimate of drug-likeness (QED) is 0.101. The normalized spacial score (nSPS) is 11.7. The second-order valence-corrected chi connectivity index (χ2v) is 9.15. The molecule has 5 rings (SSSR count). The Morgan fingerprint density at radius 3 is 2.03 bits per heavy atom. The van der Waals surface area contributed by atoms with Gasteiger partial charge in [-0.05, 0) is 61.9 Å². The van der Waals surface area contributed by atoms with Crippen molar-refractivity contribution in [2.24, 2.45) is 0 Å². The van der Waals surface area contributed by atoms with Gasteiger partial charge in [-0.15, -0.1) is 0 Å². The highest BCUT2D eigenvalue weighted by Crippen LogP contribution is 2.34. The lowest BCUT2D eigenvalue weighted by Gasteiger charge is -2.22. The summed E-state index contributed by atoms with van der Waals surface area (Å²) in [6.45, 7) is 3.63. The van der Waals surface area contributed by atoms with Gasteiger partial charge in [0.05, 0.1) is 39.3 Å². The number of rotatable bonds is 5. The predicted molar refractivity (Wildman–Crippen MR) is 128 cm³/mol. The Balaban J connectivity index is 1.51. The third kappa shape index (κ3) is 4.53. The molecule has 0 saturated carbocycles. The zero-order chi connectivity index (χ0) is 28.1. The lowest BCUT2D eigenvalue weighted by atomic mass is 9.85. The van der Waals surface area contributed by atoms with Gasteiger partial charge in [-0.3, -0.25) is 4.98 Å². The Bertz CT molecular complexity index is 1700. The van der Waals surface area contributed by atoms with Crippen molar-refractivity contribution in [2.45, 2.75) is 19.3 Å². The minimum Gasteiger partial charge on any atom is -0.252 e. The van der Waals surface area contributed by atoms with E-state index in [0.717, 1.165) is 6.07 Å². The molecule has 0 atom stereocenters. The van der Waals surface area contributed by atoms with E-state index in [4.69, 9.17) is 0 Å². The molecule has 0 saturated heterocycles. The van der Waals surface area contributed by atoms with E-state index in [-0.39, 0.29) is 16.8 Å².